The number of carbonyl (C=O) groups is 4. The highest BCUT2D eigenvalue weighted by molar-refractivity contribution is 9.10. The Morgan fingerprint density at radius 1 is 1.08 bits per heavy atom. The molecule has 9 nitrogen and oxygen atoms in total. The number of ether oxygens (including phenoxy) is 2. The maximum absolute atomic E-state index is 13.7. The number of urea groups is 1. The number of imide groups is 2. The van der Waals surface area contributed by atoms with Gasteiger partial charge in [0.15, 0.2) is 11.5 Å². The topological polar surface area (TPSA) is 122 Å². The van der Waals surface area contributed by atoms with Crippen LogP contribution in [0.25, 0.3) is 6.08 Å². The number of hydrogen-bond acceptors (Lipinski definition) is 6. The third-order valence-electron chi connectivity index (χ3n) is 5.37. The van der Waals surface area contributed by atoms with Crippen molar-refractivity contribution in [3.8, 4) is 11.5 Å². The molecule has 0 aliphatic carbocycles. The summed E-state index contributed by atoms with van der Waals surface area (Å²) in [6.45, 7) is 2.09. The van der Waals surface area contributed by atoms with Crippen LogP contribution in [0.15, 0.2) is 70.7 Å². The lowest BCUT2D eigenvalue weighted by Crippen LogP contribution is -2.54. The van der Waals surface area contributed by atoms with Gasteiger partial charge in [0, 0.05) is 0 Å². The summed E-state index contributed by atoms with van der Waals surface area (Å²) in [6.07, 6.45) is 1.28. The van der Waals surface area contributed by atoms with E-state index in [0.29, 0.717) is 32.0 Å². The third kappa shape index (κ3) is 5.73. The van der Waals surface area contributed by atoms with E-state index in [-0.39, 0.29) is 30.0 Å². The maximum atomic E-state index is 13.7. The molecule has 4 rings (SSSR count). The van der Waals surface area contributed by atoms with Gasteiger partial charge in [0.1, 0.15) is 18.0 Å². The van der Waals surface area contributed by atoms with Crippen molar-refractivity contribution in [2.24, 2.45) is 0 Å². The van der Waals surface area contributed by atoms with E-state index >= 15 is 0 Å². The molecule has 2 N–H and O–H groups in total. The molecule has 194 valence electrons. The number of anilines is 1. The predicted octanol–water partition coefficient (Wildman–Crippen LogP) is 4.93. The molecule has 1 aliphatic rings. The Labute approximate surface area is 224 Å². The number of hydrogen-bond donors (Lipinski definition) is 2. The Kier molecular flexibility index (Phi) is 7.87. The van der Waals surface area contributed by atoms with E-state index in [9.17, 15) is 28.7 Å². The Morgan fingerprint density at radius 2 is 1.84 bits per heavy atom. The molecular weight excluding hydrogens is 563 g/mol. The first-order chi connectivity index (χ1) is 18.2. The highest BCUT2D eigenvalue weighted by Crippen LogP contribution is 2.38. The van der Waals surface area contributed by atoms with Crippen LogP contribution >= 0.6 is 15.9 Å². The van der Waals surface area contributed by atoms with Crippen LogP contribution in [0, 0.1) is 5.82 Å². The largest absolute Gasteiger partial charge is 0.490 e. The van der Waals surface area contributed by atoms with Gasteiger partial charge in [-0.1, -0.05) is 18.2 Å². The van der Waals surface area contributed by atoms with Crippen molar-refractivity contribution in [2.75, 3.05) is 11.5 Å². The SMILES string of the molecule is CCOc1cc(/C=C2\C(=O)NC(=O)N(c3cccc(F)c3)C2=O)cc(Br)c1OCc1cccc(C(=O)O)c1. The molecular formula is C27H20BrFN2O7. The number of aromatic carboxylic acids is 1. The number of carbonyl (C=O) groups excluding carboxylic acids is 3. The lowest BCUT2D eigenvalue weighted by molar-refractivity contribution is -0.122. The van der Waals surface area contributed by atoms with Gasteiger partial charge in [-0.25, -0.2) is 18.9 Å². The Hall–Kier alpha value is -4.51. The van der Waals surface area contributed by atoms with Crippen molar-refractivity contribution in [3.05, 3.63) is 93.2 Å². The van der Waals surface area contributed by atoms with Crippen LogP contribution in [-0.4, -0.2) is 35.5 Å². The fourth-order valence-electron chi connectivity index (χ4n) is 3.70. The Bertz CT molecular complexity index is 1490. The fourth-order valence-corrected chi connectivity index (χ4v) is 4.27. The molecule has 0 atom stereocenters. The molecule has 38 heavy (non-hydrogen) atoms. The number of benzene rings is 3. The molecule has 1 saturated heterocycles. The number of carboxylic acid groups (broad SMARTS) is 1. The molecule has 0 unspecified atom stereocenters. The van der Waals surface area contributed by atoms with E-state index in [1.54, 1.807) is 31.2 Å². The summed E-state index contributed by atoms with van der Waals surface area (Å²) in [5.41, 5.74) is 0.753. The van der Waals surface area contributed by atoms with E-state index in [0.717, 1.165) is 12.1 Å². The zero-order chi connectivity index (χ0) is 27.4. The zero-order valence-corrected chi connectivity index (χ0v) is 21.5. The molecule has 1 heterocycles. The van der Waals surface area contributed by atoms with Gasteiger partial charge >= 0.3 is 12.0 Å². The van der Waals surface area contributed by atoms with Crippen LogP contribution in [0.4, 0.5) is 14.9 Å². The molecule has 1 aliphatic heterocycles. The van der Waals surface area contributed by atoms with Gasteiger partial charge in [0.25, 0.3) is 11.8 Å². The number of amides is 4. The lowest BCUT2D eigenvalue weighted by Gasteiger charge is -2.26. The highest BCUT2D eigenvalue weighted by Gasteiger charge is 2.37. The van der Waals surface area contributed by atoms with Gasteiger partial charge in [0.05, 0.1) is 22.3 Å². The summed E-state index contributed by atoms with van der Waals surface area (Å²) < 4.78 is 25.8. The van der Waals surface area contributed by atoms with Crippen molar-refractivity contribution in [1.29, 1.82) is 0 Å². The number of nitrogens with zero attached hydrogens (tertiary/aromatic N) is 1. The Morgan fingerprint density at radius 3 is 2.55 bits per heavy atom. The number of nitrogens with one attached hydrogen (secondary N) is 1. The molecule has 0 saturated carbocycles. The molecule has 1 fully saturated rings. The maximum Gasteiger partial charge on any atom is 0.335 e. The van der Waals surface area contributed by atoms with Crippen LogP contribution in [0.3, 0.4) is 0 Å². The molecule has 0 radical (unpaired) electrons. The average Bonchev–Trinajstić information content (AvgIpc) is 2.86. The van der Waals surface area contributed by atoms with Gasteiger partial charge in [-0.15, -0.1) is 0 Å². The van der Waals surface area contributed by atoms with Crippen molar-refractivity contribution >= 4 is 51.5 Å². The third-order valence-corrected chi connectivity index (χ3v) is 5.96. The number of barbiturate groups is 1. The van der Waals surface area contributed by atoms with E-state index in [2.05, 4.69) is 21.2 Å². The second-order valence-electron chi connectivity index (χ2n) is 7.99. The van der Waals surface area contributed by atoms with Crippen LogP contribution < -0.4 is 19.7 Å². The van der Waals surface area contributed by atoms with Crippen molar-refractivity contribution in [3.63, 3.8) is 0 Å². The predicted molar refractivity (Wildman–Crippen MR) is 138 cm³/mol. The summed E-state index contributed by atoms with van der Waals surface area (Å²) in [6, 6.07) is 13.3. The minimum absolute atomic E-state index is 0.0298. The number of carboxylic acids is 1. The number of halogens is 2. The van der Waals surface area contributed by atoms with E-state index in [1.807, 2.05) is 0 Å². The van der Waals surface area contributed by atoms with Gasteiger partial charge in [-0.05, 0) is 82.5 Å². The van der Waals surface area contributed by atoms with Crippen molar-refractivity contribution < 1.29 is 38.1 Å². The average molecular weight is 583 g/mol. The lowest BCUT2D eigenvalue weighted by atomic mass is 10.1. The second-order valence-corrected chi connectivity index (χ2v) is 8.85. The fraction of sp³-hybridized carbons (Fsp3) is 0.111. The van der Waals surface area contributed by atoms with Crippen LogP contribution in [0.1, 0.15) is 28.4 Å². The summed E-state index contributed by atoms with van der Waals surface area (Å²) in [4.78, 5) is 49.9. The monoisotopic (exact) mass is 582 g/mol. The van der Waals surface area contributed by atoms with Gasteiger partial charge in [0.2, 0.25) is 0 Å². The van der Waals surface area contributed by atoms with Crippen LogP contribution in [0.5, 0.6) is 11.5 Å². The first-order valence-electron chi connectivity index (χ1n) is 11.3. The molecule has 11 heteroatoms. The van der Waals surface area contributed by atoms with Gasteiger partial charge in [-0.2, -0.15) is 0 Å². The first kappa shape index (κ1) is 26.6. The summed E-state index contributed by atoms with van der Waals surface area (Å²) in [5, 5.41) is 11.3. The van der Waals surface area contributed by atoms with Gasteiger partial charge in [-0.3, -0.25) is 14.9 Å². The van der Waals surface area contributed by atoms with Crippen molar-refractivity contribution in [2.45, 2.75) is 13.5 Å². The minimum Gasteiger partial charge on any atom is -0.490 e. The standard InChI is InChI=1S/C27H20BrFN2O7/c1-2-37-22-12-16(11-21(28)23(22)38-14-15-5-3-6-17(9-15)26(34)35)10-20-24(32)30-27(36)31(25(20)33)19-8-4-7-18(29)13-19/h3-13H,2,14H2,1H3,(H,34,35)(H,30,32,36)/b20-10+. The first-order valence-corrected chi connectivity index (χ1v) is 12.1. The molecule has 0 spiro atoms. The second kappa shape index (κ2) is 11.3. The van der Waals surface area contributed by atoms with Crippen LogP contribution in [0.2, 0.25) is 0 Å². The van der Waals surface area contributed by atoms with Crippen LogP contribution in [-0.2, 0) is 16.2 Å². The van der Waals surface area contributed by atoms with Crippen molar-refractivity contribution in [1.82, 2.24) is 5.32 Å². The molecule has 0 aromatic heterocycles. The minimum atomic E-state index is -1.06. The summed E-state index contributed by atoms with van der Waals surface area (Å²) >= 11 is 3.42. The molecule has 4 amide bonds. The van der Waals surface area contributed by atoms with E-state index in [4.69, 9.17) is 9.47 Å². The molecule has 3 aromatic rings. The number of rotatable bonds is 8. The molecule has 3 aromatic carbocycles. The highest BCUT2D eigenvalue weighted by atomic mass is 79.9. The van der Waals surface area contributed by atoms with Gasteiger partial charge < -0.3 is 14.6 Å². The normalized spacial score (nSPS) is 14.4. The quantitative estimate of drug-likeness (QED) is 0.285. The smallest absolute Gasteiger partial charge is 0.335 e. The summed E-state index contributed by atoms with van der Waals surface area (Å²) in [5.74, 6) is -2.91. The Balaban J connectivity index is 1.65. The summed E-state index contributed by atoms with van der Waals surface area (Å²) in [7, 11) is 0. The zero-order valence-electron chi connectivity index (χ0n) is 19.9. The van der Waals surface area contributed by atoms with E-state index in [1.165, 1.54) is 30.3 Å². The van der Waals surface area contributed by atoms with E-state index < -0.39 is 29.6 Å². The molecule has 0 bridgehead atoms.